The SMILES string of the molecule is CC(C)N(CCC(=O)O)C(=O)CS(=O)(=O)C1CCCC1. The predicted molar refractivity (Wildman–Crippen MR) is 75.1 cm³/mol. The Morgan fingerprint density at radius 2 is 1.80 bits per heavy atom. The summed E-state index contributed by atoms with van der Waals surface area (Å²) in [6, 6.07) is -0.208. The largest absolute Gasteiger partial charge is 0.481 e. The molecule has 0 atom stereocenters. The minimum absolute atomic E-state index is 0.0476. The zero-order valence-corrected chi connectivity index (χ0v) is 12.9. The molecule has 1 amide bonds. The van der Waals surface area contributed by atoms with Crippen LogP contribution < -0.4 is 0 Å². The van der Waals surface area contributed by atoms with E-state index in [0.29, 0.717) is 12.8 Å². The van der Waals surface area contributed by atoms with E-state index in [2.05, 4.69) is 0 Å². The molecule has 0 radical (unpaired) electrons. The Labute approximate surface area is 120 Å². The van der Waals surface area contributed by atoms with Gasteiger partial charge in [0.1, 0.15) is 5.75 Å². The quantitative estimate of drug-likeness (QED) is 0.759. The van der Waals surface area contributed by atoms with Crippen molar-refractivity contribution in [1.82, 2.24) is 4.90 Å². The van der Waals surface area contributed by atoms with E-state index >= 15 is 0 Å². The summed E-state index contributed by atoms with van der Waals surface area (Å²) in [6.45, 7) is 3.55. The van der Waals surface area contributed by atoms with Crippen LogP contribution in [-0.4, -0.2) is 53.9 Å². The molecule has 0 aromatic rings. The van der Waals surface area contributed by atoms with Crippen LogP contribution in [-0.2, 0) is 19.4 Å². The van der Waals surface area contributed by atoms with Crippen LogP contribution in [0.25, 0.3) is 0 Å². The van der Waals surface area contributed by atoms with E-state index in [9.17, 15) is 18.0 Å². The fourth-order valence-electron chi connectivity index (χ4n) is 2.51. The molecule has 1 saturated carbocycles. The van der Waals surface area contributed by atoms with Crippen LogP contribution in [0, 0.1) is 0 Å². The molecular formula is C13H23NO5S. The predicted octanol–water partition coefficient (Wildman–Crippen LogP) is 1.06. The molecule has 1 aliphatic carbocycles. The Hall–Kier alpha value is -1.11. The van der Waals surface area contributed by atoms with Crippen molar-refractivity contribution in [3.63, 3.8) is 0 Å². The first kappa shape index (κ1) is 16.9. The molecule has 1 fully saturated rings. The van der Waals surface area contributed by atoms with Crippen LogP contribution in [0.4, 0.5) is 0 Å². The highest BCUT2D eigenvalue weighted by molar-refractivity contribution is 7.92. The second-order valence-electron chi connectivity index (χ2n) is 5.54. The summed E-state index contributed by atoms with van der Waals surface area (Å²) in [5.74, 6) is -2.00. The molecule has 0 spiro atoms. The van der Waals surface area contributed by atoms with Gasteiger partial charge in [-0.05, 0) is 26.7 Å². The number of nitrogens with zero attached hydrogens (tertiary/aromatic N) is 1. The molecule has 7 heteroatoms. The zero-order valence-electron chi connectivity index (χ0n) is 12.0. The fraction of sp³-hybridized carbons (Fsp3) is 0.846. The van der Waals surface area contributed by atoms with Crippen molar-refractivity contribution in [3.8, 4) is 0 Å². The molecule has 0 bridgehead atoms. The van der Waals surface area contributed by atoms with Crippen LogP contribution in [0.5, 0.6) is 0 Å². The second-order valence-corrected chi connectivity index (χ2v) is 7.82. The number of carbonyl (C=O) groups excluding carboxylic acids is 1. The third-order valence-corrected chi connectivity index (χ3v) is 5.78. The number of carboxylic acids is 1. The molecule has 0 aromatic heterocycles. The van der Waals surface area contributed by atoms with Crippen molar-refractivity contribution in [1.29, 1.82) is 0 Å². The van der Waals surface area contributed by atoms with E-state index in [1.165, 1.54) is 4.90 Å². The van der Waals surface area contributed by atoms with Gasteiger partial charge in [-0.3, -0.25) is 9.59 Å². The van der Waals surface area contributed by atoms with Crippen LogP contribution >= 0.6 is 0 Å². The maximum atomic E-state index is 12.1. The minimum atomic E-state index is -3.41. The third kappa shape index (κ3) is 4.77. The van der Waals surface area contributed by atoms with Crippen molar-refractivity contribution in [3.05, 3.63) is 0 Å². The summed E-state index contributed by atoms with van der Waals surface area (Å²) in [7, 11) is -3.41. The van der Waals surface area contributed by atoms with Crippen molar-refractivity contribution in [2.24, 2.45) is 0 Å². The summed E-state index contributed by atoms with van der Waals surface area (Å²) in [4.78, 5) is 24.0. The average Bonchev–Trinajstić information content (AvgIpc) is 2.81. The maximum Gasteiger partial charge on any atom is 0.305 e. The first-order valence-electron chi connectivity index (χ1n) is 6.97. The van der Waals surface area contributed by atoms with E-state index in [0.717, 1.165) is 12.8 Å². The van der Waals surface area contributed by atoms with Gasteiger partial charge < -0.3 is 10.0 Å². The molecule has 1 N–H and O–H groups in total. The van der Waals surface area contributed by atoms with Crippen LogP contribution in [0.15, 0.2) is 0 Å². The Balaban J connectivity index is 2.67. The highest BCUT2D eigenvalue weighted by atomic mass is 32.2. The molecule has 1 aliphatic rings. The van der Waals surface area contributed by atoms with Gasteiger partial charge in [-0.15, -0.1) is 0 Å². The number of aliphatic carboxylic acids is 1. The number of hydrogen-bond acceptors (Lipinski definition) is 4. The van der Waals surface area contributed by atoms with E-state index in [1.807, 2.05) is 0 Å². The molecule has 0 saturated heterocycles. The Kier molecular flexibility index (Phi) is 5.98. The molecule has 6 nitrogen and oxygen atoms in total. The lowest BCUT2D eigenvalue weighted by atomic mass is 10.3. The average molecular weight is 305 g/mol. The number of amides is 1. The van der Waals surface area contributed by atoms with E-state index in [-0.39, 0.29) is 19.0 Å². The lowest BCUT2D eigenvalue weighted by Crippen LogP contribution is -2.43. The first-order chi connectivity index (χ1) is 9.24. The van der Waals surface area contributed by atoms with Gasteiger partial charge in [0.15, 0.2) is 9.84 Å². The van der Waals surface area contributed by atoms with Crippen molar-refractivity contribution in [2.45, 2.75) is 57.2 Å². The normalized spacial score (nSPS) is 16.6. The Bertz CT molecular complexity index is 451. The highest BCUT2D eigenvalue weighted by Crippen LogP contribution is 2.25. The summed E-state index contributed by atoms with van der Waals surface area (Å²) >= 11 is 0. The highest BCUT2D eigenvalue weighted by Gasteiger charge is 2.32. The van der Waals surface area contributed by atoms with Gasteiger partial charge in [-0.2, -0.15) is 0 Å². The third-order valence-electron chi connectivity index (χ3n) is 3.64. The summed E-state index contributed by atoms with van der Waals surface area (Å²) in [6.07, 6.45) is 2.88. The number of sulfone groups is 1. The molecule has 0 heterocycles. The minimum Gasteiger partial charge on any atom is -0.481 e. The molecule has 116 valence electrons. The topological polar surface area (TPSA) is 91.8 Å². The van der Waals surface area contributed by atoms with E-state index < -0.39 is 32.7 Å². The molecule has 0 unspecified atom stereocenters. The second kappa shape index (κ2) is 7.06. The zero-order chi connectivity index (χ0) is 15.3. The van der Waals surface area contributed by atoms with Gasteiger partial charge in [-0.25, -0.2) is 8.42 Å². The molecule has 1 rings (SSSR count). The van der Waals surface area contributed by atoms with Crippen molar-refractivity contribution in [2.75, 3.05) is 12.3 Å². The standard InChI is InChI=1S/C13H23NO5S/c1-10(2)14(8-7-13(16)17)12(15)9-20(18,19)11-5-3-4-6-11/h10-11H,3-9H2,1-2H3,(H,16,17). The number of carboxylic acid groups (broad SMARTS) is 1. The fourth-order valence-corrected chi connectivity index (χ4v) is 4.30. The summed E-state index contributed by atoms with van der Waals surface area (Å²) in [5.41, 5.74) is 0. The van der Waals surface area contributed by atoms with Gasteiger partial charge in [-0.1, -0.05) is 12.8 Å². The molecular weight excluding hydrogens is 282 g/mol. The van der Waals surface area contributed by atoms with E-state index in [4.69, 9.17) is 5.11 Å². The van der Waals surface area contributed by atoms with Gasteiger partial charge in [0.2, 0.25) is 5.91 Å². The number of rotatable bonds is 7. The van der Waals surface area contributed by atoms with Crippen LogP contribution in [0.2, 0.25) is 0 Å². The maximum absolute atomic E-state index is 12.1. The number of hydrogen-bond donors (Lipinski definition) is 1. The summed E-state index contributed by atoms with van der Waals surface area (Å²) in [5, 5.41) is 8.27. The van der Waals surface area contributed by atoms with Gasteiger partial charge in [0.25, 0.3) is 0 Å². The Morgan fingerprint density at radius 1 is 1.25 bits per heavy atom. The number of carbonyl (C=O) groups is 2. The van der Waals surface area contributed by atoms with Crippen LogP contribution in [0.3, 0.4) is 0 Å². The smallest absolute Gasteiger partial charge is 0.305 e. The van der Waals surface area contributed by atoms with Gasteiger partial charge >= 0.3 is 5.97 Å². The van der Waals surface area contributed by atoms with E-state index in [1.54, 1.807) is 13.8 Å². The first-order valence-corrected chi connectivity index (χ1v) is 8.68. The molecule has 0 aromatic carbocycles. The summed E-state index contributed by atoms with van der Waals surface area (Å²) < 4.78 is 24.3. The van der Waals surface area contributed by atoms with Gasteiger partial charge in [0.05, 0.1) is 11.7 Å². The van der Waals surface area contributed by atoms with Crippen LogP contribution in [0.1, 0.15) is 46.0 Å². The monoisotopic (exact) mass is 305 g/mol. The Morgan fingerprint density at radius 3 is 2.25 bits per heavy atom. The lowest BCUT2D eigenvalue weighted by molar-refractivity contribution is -0.138. The van der Waals surface area contributed by atoms with Gasteiger partial charge in [0, 0.05) is 12.6 Å². The molecule has 20 heavy (non-hydrogen) atoms. The van der Waals surface area contributed by atoms with Crippen molar-refractivity contribution >= 4 is 21.7 Å². The lowest BCUT2D eigenvalue weighted by Gasteiger charge is -2.26. The molecule has 0 aliphatic heterocycles. The van der Waals surface area contributed by atoms with Crippen molar-refractivity contribution < 1.29 is 23.1 Å².